The highest BCUT2D eigenvalue weighted by Crippen LogP contribution is 2.28. The smallest absolute Gasteiger partial charge is 0.257 e. The molecule has 1 aromatic rings. The van der Waals surface area contributed by atoms with Gasteiger partial charge in [0.2, 0.25) is 5.91 Å². The van der Waals surface area contributed by atoms with E-state index in [2.05, 4.69) is 0 Å². The molecule has 0 aliphatic carbocycles. The van der Waals surface area contributed by atoms with Gasteiger partial charge in [0.1, 0.15) is 6.26 Å². The van der Waals surface area contributed by atoms with Crippen molar-refractivity contribution >= 4 is 11.8 Å². The number of carbonyl (C=O) groups excluding carboxylic acids is 2. The molecule has 0 unspecified atom stereocenters. The Hall–Kier alpha value is -1.78. The van der Waals surface area contributed by atoms with Gasteiger partial charge in [-0.1, -0.05) is 0 Å². The third-order valence-electron chi connectivity index (χ3n) is 4.02. The second kappa shape index (κ2) is 4.15. The predicted octanol–water partition coefficient (Wildman–Crippen LogP) is 0.972. The van der Waals surface area contributed by atoms with Gasteiger partial charge >= 0.3 is 0 Å². The van der Waals surface area contributed by atoms with E-state index in [-0.39, 0.29) is 23.8 Å². The predicted molar refractivity (Wildman–Crippen MR) is 63.9 cm³/mol. The second-order valence-electron chi connectivity index (χ2n) is 5.10. The lowest BCUT2D eigenvalue weighted by Crippen LogP contribution is -2.45. The van der Waals surface area contributed by atoms with Gasteiger partial charge in [-0.05, 0) is 18.9 Å². The quantitative estimate of drug-likeness (QED) is 0.744. The normalized spacial score (nSPS) is 27.5. The minimum absolute atomic E-state index is 0.0374. The van der Waals surface area contributed by atoms with E-state index in [4.69, 9.17) is 4.42 Å². The minimum atomic E-state index is -0.0382. The van der Waals surface area contributed by atoms with Crippen molar-refractivity contribution in [2.75, 3.05) is 20.1 Å². The Labute approximate surface area is 105 Å². The Bertz CT molecular complexity index is 469. The monoisotopic (exact) mass is 248 g/mol. The number of nitrogens with zero attached hydrogens (tertiary/aromatic N) is 2. The number of carbonyl (C=O) groups is 2. The van der Waals surface area contributed by atoms with Crippen molar-refractivity contribution in [3.63, 3.8) is 0 Å². The van der Waals surface area contributed by atoms with Crippen LogP contribution < -0.4 is 0 Å². The summed E-state index contributed by atoms with van der Waals surface area (Å²) in [6.45, 7) is 1.16. The molecule has 0 saturated carbocycles. The van der Waals surface area contributed by atoms with Crippen LogP contribution in [0.2, 0.25) is 0 Å². The van der Waals surface area contributed by atoms with E-state index in [0.29, 0.717) is 18.7 Å². The molecule has 18 heavy (non-hydrogen) atoms. The van der Waals surface area contributed by atoms with E-state index in [1.54, 1.807) is 15.9 Å². The molecule has 0 spiro atoms. The maximum atomic E-state index is 12.3. The lowest BCUT2D eigenvalue weighted by atomic mass is 9.95. The number of amides is 2. The van der Waals surface area contributed by atoms with Crippen LogP contribution in [0, 0.1) is 5.92 Å². The van der Waals surface area contributed by atoms with Crippen molar-refractivity contribution in [1.82, 2.24) is 9.80 Å². The van der Waals surface area contributed by atoms with Gasteiger partial charge in [0.15, 0.2) is 0 Å². The van der Waals surface area contributed by atoms with E-state index < -0.39 is 0 Å². The fraction of sp³-hybridized carbons (Fsp3) is 0.538. The molecule has 3 fully saturated rings. The van der Waals surface area contributed by atoms with Crippen molar-refractivity contribution in [2.24, 2.45) is 5.92 Å². The number of hydrogen-bond donors (Lipinski definition) is 0. The molecule has 5 nitrogen and oxygen atoms in total. The summed E-state index contributed by atoms with van der Waals surface area (Å²) in [4.78, 5) is 27.9. The zero-order valence-electron chi connectivity index (χ0n) is 10.3. The van der Waals surface area contributed by atoms with E-state index in [1.165, 1.54) is 12.5 Å². The van der Waals surface area contributed by atoms with Gasteiger partial charge in [0, 0.05) is 26.2 Å². The van der Waals surface area contributed by atoms with Gasteiger partial charge < -0.3 is 14.2 Å². The summed E-state index contributed by atoms with van der Waals surface area (Å²) < 4.78 is 4.94. The van der Waals surface area contributed by atoms with Crippen molar-refractivity contribution in [2.45, 2.75) is 18.9 Å². The third-order valence-corrected chi connectivity index (χ3v) is 4.02. The van der Waals surface area contributed by atoms with E-state index in [0.717, 1.165) is 12.8 Å². The molecule has 2 bridgehead atoms. The molecule has 4 heterocycles. The molecule has 96 valence electrons. The average molecular weight is 248 g/mol. The molecule has 0 radical (unpaired) electrons. The number of likely N-dealkylation sites (N-methyl/N-ethyl adjacent to an activating group) is 1. The fourth-order valence-electron chi connectivity index (χ4n) is 2.89. The molecule has 3 aliphatic heterocycles. The number of hydrogen-bond acceptors (Lipinski definition) is 3. The highest BCUT2D eigenvalue weighted by atomic mass is 16.3. The van der Waals surface area contributed by atoms with Crippen LogP contribution in [-0.2, 0) is 4.79 Å². The minimum Gasteiger partial charge on any atom is -0.472 e. The summed E-state index contributed by atoms with van der Waals surface area (Å²) in [7, 11) is 1.84. The van der Waals surface area contributed by atoms with Crippen LogP contribution in [0.3, 0.4) is 0 Å². The topological polar surface area (TPSA) is 53.8 Å². The lowest BCUT2D eigenvalue weighted by Gasteiger charge is -2.32. The Morgan fingerprint density at radius 1 is 1.39 bits per heavy atom. The fourth-order valence-corrected chi connectivity index (χ4v) is 2.89. The average Bonchev–Trinajstić information content (AvgIpc) is 2.77. The summed E-state index contributed by atoms with van der Waals surface area (Å²) in [6.07, 6.45) is 4.84. The first-order valence-electron chi connectivity index (χ1n) is 6.25. The number of furan rings is 1. The molecule has 0 N–H and O–H groups in total. The molecule has 2 atom stereocenters. The van der Waals surface area contributed by atoms with Crippen LogP contribution in [0.1, 0.15) is 23.2 Å². The summed E-state index contributed by atoms with van der Waals surface area (Å²) in [6, 6.07) is 1.83. The molecule has 2 amide bonds. The molecule has 0 aromatic carbocycles. The molecule has 3 aliphatic rings. The molecule has 1 aromatic heterocycles. The molecular weight excluding hydrogens is 232 g/mol. The number of piperidine rings is 1. The zero-order valence-corrected chi connectivity index (χ0v) is 10.3. The largest absolute Gasteiger partial charge is 0.472 e. The lowest BCUT2D eigenvalue weighted by molar-refractivity contribution is -0.138. The van der Waals surface area contributed by atoms with E-state index >= 15 is 0 Å². The zero-order chi connectivity index (χ0) is 12.7. The van der Waals surface area contributed by atoms with Crippen LogP contribution in [0.5, 0.6) is 0 Å². The van der Waals surface area contributed by atoms with Gasteiger partial charge in [-0.25, -0.2) is 0 Å². The first-order valence-corrected chi connectivity index (χ1v) is 6.25. The maximum absolute atomic E-state index is 12.3. The number of rotatable bonds is 1. The van der Waals surface area contributed by atoms with Crippen LogP contribution in [0.25, 0.3) is 0 Å². The Morgan fingerprint density at radius 3 is 2.94 bits per heavy atom. The first-order chi connectivity index (χ1) is 8.66. The highest BCUT2D eigenvalue weighted by Gasteiger charge is 2.40. The Kier molecular flexibility index (Phi) is 2.61. The molecule has 5 heteroatoms. The van der Waals surface area contributed by atoms with Crippen LogP contribution >= 0.6 is 0 Å². The van der Waals surface area contributed by atoms with Gasteiger partial charge in [-0.15, -0.1) is 0 Å². The molecule has 3 saturated heterocycles. The SMILES string of the molecule is CN1C(=O)[C@@H]2CC[C@H]1CN(C(=O)c1ccoc1)C2. The Balaban J connectivity index is 1.84. The van der Waals surface area contributed by atoms with Crippen molar-refractivity contribution in [3.05, 3.63) is 24.2 Å². The maximum Gasteiger partial charge on any atom is 0.257 e. The summed E-state index contributed by atoms with van der Waals surface area (Å²) in [5, 5.41) is 0. The van der Waals surface area contributed by atoms with Gasteiger partial charge in [0.05, 0.1) is 17.7 Å². The summed E-state index contributed by atoms with van der Waals surface area (Å²) >= 11 is 0. The first kappa shape index (κ1) is 11.3. The van der Waals surface area contributed by atoms with Crippen LogP contribution in [0.4, 0.5) is 0 Å². The molecule has 4 rings (SSSR count). The van der Waals surface area contributed by atoms with E-state index in [9.17, 15) is 9.59 Å². The highest BCUT2D eigenvalue weighted by molar-refractivity contribution is 5.94. The van der Waals surface area contributed by atoms with Gasteiger partial charge in [0.25, 0.3) is 5.91 Å². The van der Waals surface area contributed by atoms with Gasteiger partial charge in [-0.2, -0.15) is 0 Å². The number of fused-ring (bicyclic) bond motifs is 4. The van der Waals surface area contributed by atoms with Crippen molar-refractivity contribution in [1.29, 1.82) is 0 Å². The standard InChI is InChI=1S/C13H16N2O3/c1-14-11-3-2-9(12(14)16)6-15(7-11)13(17)10-4-5-18-8-10/h4-5,8-9,11H,2-3,6-7H2,1H3/t9-,11+/m1/s1. The van der Waals surface area contributed by atoms with Gasteiger partial charge in [-0.3, -0.25) is 9.59 Å². The molecular formula is C13H16N2O3. The second-order valence-corrected chi connectivity index (χ2v) is 5.10. The Morgan fingerprint density at radius 2 is 2.22 bits per heavy atom. The van der Waals surface area contributed by atoms with E-state index in [1.807, 2.05) is 7.05 Å². The summed E-state index contributed by atoms with van der Waals surface area (Å²) in [5.74, 6) is 0.0992. The van der Waals surface area contributed by atoms with Crippen molar-refractivity contribution < 1.29 is 14.0 Å². The van der Waals surface area contributed by atoms with Crippen molar-refractivity contribution in [3.8, 4) is 0 Å². The third kappa shape index (κ3) is 1.70. The van der Waals surface area contributed by atoms with Crippen LogP contribution in [-0.4, -0.2) is 47.8 Å². The van der Waals surface area contributed by atoms with Crippen LogP contribution in [0.15, 0.2) is 23.0 Å². The summed E-state index contributed by atoms with van der Waals surface area (Å²) in [5.41, 5.74) is 0.561.